The molecule has 1 aromatic rings. The van der Waals surface area contributed by atoms with Gasteiger partial charge in [-0.2, -0.15) is 11.8 Å². The van der Waals surface area contributed by atoms with Crippen LogP contribution in [-0.4, -0.2) is 17.3 Å². The molecule has 0 fully saturated rings. The Balaban J connectivity index is 2.44. The largest absolute Gasteiger partial charge is 0.293 e. The zero-order chi connectivity index (χ0) is 12.7. The summed E-state index contributed by atoms with van der Waals surface area (Å²) in [6.45, 7) is 2.17. The average Bonchev–Trinajstić information content (AvgIpc) is 2.32. The van der Waals surface area contributed by atoms with Gasteiger partial charge in [-0.15, -0.1) is 0 Å². The minimum atomic E-state index is 0.0546. The minimum Gasteiger partial charge on any atom is -0.293 e. The van der Waals surface area contributed by atoms with E-state index in [2.05, 4.69) is 6.92 Å². The normalized spacial score (nSPS) is 10.5. The Morgan fingerprint density at radius 2 is 2.06 bits per heavy atom. The van der Waals surface area contributed by atoms with E-state index in [4.69, 9.17) is 23.2 Å². The first-order valence-electron chi connectivity index (χ1n) is 5.71. The van der Waals surface area contributed by atoms with E-state index in [0.717, 1.165) is 12.2 Å². The number of hydrogen-bond acceptors (Lipinski definition) is 2. The molecule has 0 aliphatic carbocycles. The van der Waals surface area contributed by atoms with Gasteiger partial charge in [-0.1, -0.05) is 43.0 Å². The third kappa shape index (κ3) is 5.33. The Bertz CT molecular complexity index is 380. The minimum absolute atomic E-state index is 0.0546. The van der Waals surface area contributed by atoms with Gasteiger partial charge in [-0.05, 0) is 30.4 Å². The molecular weight excluding hydrogens is 275 g/mol. The van der Waals surface area contributed by atoms with Gasteiger partial charge >= 0.3 is 0 Å². The van der Waals surface area contributed by atoms with E-state index in [1.54, 1.807) is 30.0 Å². The van der Waals surface area contributed by atoms with E-state index in [1.807, 2.05) is 0 Å². The molecule has 0 heterocycles. The second-order valence-corrected chi connectivity index (χ2v) is 5.76. The van der Waals surface area contributed by atoms with E-state index in [0.29, 0.717) is 21.4 Å². The summed E-state index contributed by atoms with van der Waals surface area (Å²) in [5, 5.41) is 1.03. The maximum Gasteiger partial charge on any atom is 0.174 e. The molecule has 0 aromatic heterocycles. The van der Waals surface area contributed by atoms with Crippen LogP contribution in [0.25, 0.3) is 0 Å². The fourth-order valence-corrected chi connectivity index (χ4v) is 2.70. The molecule has 0 atom stereocenters. The van der Waals surface area contributed by atoms with Gasteiger partial charge < -0.3 is 0 Å². The Morgan fingerprint density at radius 3 is 2.76 bits per heavy atom. The third-order valence-corrected chi connectivity index (χ3v) is 3.96. The number of hydrogen-bond donors (Lipinski definition) is 0. The number of Topliss-reactive ketones (excluding diaryl/α,β-unsaturated/α-hetero) is 1. The lowest BCUT2D eigenvalue weighted by atomic mass is 10.1. The van der Waals surface area contributed by atoms with Crippen LogP contribution < -0.4 is 0 Å². The SMILES string of the molecule is CCCCCSCC(=O)c1cc(Cl)ccc1Cl. The first-order valence-corrected chi connectivity index (χ1v) is 7.62. The van der Waals surface area contributed by atoms with Crippen LogP contribution in [0.1, 0.15) is 36.5 Å². The molecule has 1 nitrogen and oxygen atoms in total. The van der Waals surface area contributed by atoms with Gasteiger partial charge in [0.15, 0.2) is 5.78 Å². The number of ketones is 1. The highest BCUT2D eigenvalue weighted by Gasteiger charge is 2.10. The highest BCUT2D eigenvalue weighted by molar-refractivity contribution is 7.99. The van der Waals surface area contributed by atoms with Crippen LogP contribution >= 0.6 is 35.0 Å². The predicted molar refractivity (Wildman–Crippen MR) is 77.6 cm³/mol. The van der Waals surface area contributed by atoms with E-state index in [1.165, 1.54) is 12.8 Å². The molecule has 0 bridgehead atoms. The smallest absolute Gasteiger partial charge is 0.174 e. The molecule has 4 heteroatoms. The summed E-state index contributed by atoms with van der Waals surface area (Å²) in [7, 11) is 0. The van der Waals surface area contributed by atoms with Crippen molar-refractivity contribution in [2.75, 3.05) is 11.5 Å². The van der Waals surface area contributed by atoms with E-state index < -0.39 is 0 Å². The molecule has 1 rings (SSSR count). The van der Waals surface area contributed by atoms with Crippen LogP contribution in [0.4, 0.5) is 0 Å². The fraction of sp³-hybridized carbons (Fsp3) is 0.462. The summed E-state index contributed by atoms with van der Waals surface area (Å²) < 4.78 is 0. The van der Waals surface area contributed by atoms with Crippen LogP contribution in [0.15, 0.2) is 18.2 Å². The maximum absolute atomic E-state index is 11.9. The zero-order valence-electron chi connectivity index (χ0n) is 9.84. The average molecular weight is 291 g/mol. The Kier molecular flexibility index (Phi) is 7.02. The molecule has 0 radical (unpaired) electrons. The summed E-state index contributed by atoms with van der Waals surface area (Å²) in [6, 6.07) is 4.99. The molecule has 0 spiro atoms. The lowest BCUT2D eigenvalue weighted by Crippen LogP contribution is -2.04. The molecule has 0 amide bonds. The van der Waals surface area contributed by atoms with E-state index in [9.17, 15) is 4.79 Å². The summed E-state index contributed by atoms with van der Waals surface area (Å²) in [4.78, 5) is 11.9. The second-order valence-electron chi connectivity index (χ2n) is 3.81. The molecular formula is C13H16Cl2OS. The van der Waals surface area contributed by atoms with Crippen LogP contribution in [0, 0.1) is 0 Å². The summed E-state index contributed by atoms with van der Waals surface area (Å²) >= 11 is 13.5. The predicted octanol–water partition coefficient (Wildman–Crippen LogP) is 5.10. The zero-order valence-corrected chi connectivity index (χ0v) is 12.2. The van der Waals surface area contributed by atoms with Gasteiger partial charge in [0, 0.05) is 10.6 Å². The second kappa shape index (κ2) is 8.02. The van der Waals surface area contributed by atoms with Crippen LogP contribution in [0.5, 0.6) is 0 Å². The topological polar surface area (TPSA) is 17.1 Å². The van der Waals surface area contributed by atoms with Crippen molar-refractivity contribution >= 4 is 40.7 Å². The highest BCUT2D eigenvalue weighted by atomic mass is 35.5. The lowest BCUT2D eigenvalue weighted by molar-refractivity contribution is 0.102. The molecule has 0 saturated carbocycles. The van der Waals surface area contributed by atoms with Crippen molar-refractivity contribution in [1.29, 1.82) is 0 Å². The van der Waals surface area contributed by atoms with Crippen molar-refractivity contribution in [2.45, 2.75) is 26.2 Å². The summed E-state index contributed by atoms with van der Waals surface area (Å²) in [5.74, 6) is 1.56. The number of carbonyl (C=O) groups is 1. The number of benzene rings is 1. The highest BCUT2D eigenvalue weighted by Crippen LogP contribution is 2.22. The molecule has 17 heavy (non-hydrogen) atoms. The quantitative estimate of drug-likeness (QED) is 0.513. The van der Waals surface area contributed by atoms with Crippen LogP contribution in [0.2, 0.25) is 10.0 Å². The number of rotatable bonds is 7. The van der Waals surface area contributed by atoms with E-state index >= 15 is 0 Å². The first kappa shape index (κ1) is 14.9. The van der Waals surface area contributed by atoms with Crippen molar-refractivity contribution in [2.24, 2.45) is 0 Å². The molecule has 0 saturated heterocycles. The van der Waals surface area contributed by atoms with Crippen LogP contribution in [-0.2, 0) is 0 Å². The standard InChI is InChI=1S/C13H16Cl2OS/c1-2-3-4-7-17-9-13(16)11-8-10(14)5-6-12(11)15/h5-6,8H,2-4,7,9H2,1H3. The van der Waals surface area contributed by atoms with Gasteiger partial charge in [0.1, 0.15) is 0 Å². The Morgan fingerprint density at radius 1 is 1.29 bits per heavy atom. The molecule has 1 aromatic carbocycles. The van der Waals surface area contributed by atoms with Crippen molar-refractivity contribution in [3.63, 3.8) is 0 Å². The van der Waals surface area contributed by atoms with Gasteiger partial charge in [0.25, 0.3) is 0 Å². The van der Waals surface area contributed by atoms with Gasteiger partial charge in [-0.3, -0.25) is 4.79 Å². The molecule has 0 aliphatic heterocycles. The Hall–Kier alpha value is -0.180. The molecule has 94 valence electrons. The number of carbonyl (C=O) groups excluding carboxylic acids is 1. The Labute approximate surface area is 117 Å². The number of thioether (sulfide) groups is 1. The van der Waals surface area contributed by atoms with Gasteiger partial charge in [0.05, 0.1) is 10.8 Å². The van der Waals surface area contributed by atoms with Gasteiger partial charge in [0.2, 0.25) is 0 Å². The van der Waals surface area contributed by atoms with Crippen molar-refractivity contribution < 1.29 is 4.79 Å². The third-order valence-electron chi connectivity index (χ3n) is 2.35. The van der Waals surface area contributed by atoms with Crippen molar-refractivity contribution in [3.8, 4) is 0 Å². The number of halogens is 2. The van der Waals surface area contributed by atoms with Crippen molar-refractivity contribution in [3.05, 3.63) is 33.8 Å². The van der Waals surface area contributed by atoms with Gasteiger partial charge in [-0.25, -0.2) is 0 Å². The van der Waals surface area contributed by atoms with Crippen LogP contribution in [0.3, 0.4) is 0 Å². The molecule has 0 N–H and O–H groups in total. The van der Waals surface area contributed by atoms with Crippen molar-refractivity contribution in [1.82, 2.24) is 0 Å². The maximum atomic E-state index is 11.9. The number of unbranched alkanes of at least 4 members (excludes halogenated alkanes) is 2. The summed E-state index contributed by atoms with van der Waals surface area (Å²) in [5.41, 5.74) is 0.530. The fourth-order valence-electron chi connectivity index (χ4n) is 1.41. The first-order chi connectivity index (χ1) is 8.15. The molecule has 0 aliphatic rings. The monoisotopic (exact) mass is 290 g/mol. The summed E-state index contributed by atoms with van der Waals surface area (Å²) in [6.07, 6.45) is 3.59. The molecule has 0 unspecified atom stereocenters. The lowest BCUT2D eigenvalue weighted by Gasteiger charge is -2.04. The van der Waals surface area contributed by atoms with E-state index in [-0.39, 0.29) is 5.78 Å².